The molecule has 0 spiro atoms. The lowest BCUT2D eigenvalue weighted by Crippen LogP contribution is -2.00. The van der Waals surface area contributed by atoms with Gasteiger partial charge in [0.2, 0.25) is 0 Å². The van der Waals surface area contributed by atoms with Gasteiger partial charge in [0.15, 0.2) is 11.6 Å². The van der Waals surface area contributed by atoms with Crippen LogP contribution in [-0.2, 0) is 0 Å². The van der Waals surface area contributed by atoms with Gasteiger partial charge in [-0.1, -0.05) is 127 Å². The van der Waals surface area contributed by atoms with Gasteiger partial charge in [-0.2, -0.15) is 0 Å². The maximum atomic E-state index is 5.07. The first-order valence-electron chi connectivity index (χ1n) is 16.3. The number of benzene rings is 8. The van der Waals surface area contributed by atoms with Crippen molar-refractivity contribution in [1.82, 2.24) is 19.3 Å². The van der Waals surface area contributed by atoms with Crippen molar-refractivity contribution in [3.05, 3.63) is 170 Å². The zero-order valence-electron chi connectivity index (χ0n) is 26.0. The Labute approximate surface area is 276 Å². The second kappa shape index (κ2) is 10.5. The van der Waals surface area contributed by atoms with E-state index in [9.17, 15) is 0 Å². The highest BCUT2D eigenvalue weighted by atomic mass is 15.4. The predicted octanol–water partition coefficient (Wildman–Crippen LogP) is 11.2. The average molecular weight is 613 g/mol. The lowest BCUT2D eigenvalue weighted by Gasteiger charge is -2.15. The van der Waals surface area contributed by atoms with E-state index in [2.05, 4.69) is 138 Å². The summed E-state index contributed by atoms with van der Waals surface area (Å²) < 4.78 is 4.39. The molecular weight excluding hydrogens is 585 g/mol. The van der Waals surface area contributed by atoms with Crippen LogP contribution in [0.2, 0.25) is 0 Å². The Balaban J connectivity index is 1.23. The third-order valence-corrected chi connectivity index (χ3v) is 9.56. The lowest BCUT2D eigenvalue weighted by molar-refractivity contribution is 0.890. The summed E-state index contributed by atoms with van der Waals surface area (Å²) in [6.07, 6.45) is 0. The average Bonchev–Trinajstić information content (AvgIpc) is 3.76. The highest BCUT2D eigenvalue weighted by molar-refractivity contribution is 6.33. The SMILES string of the molecule is c1ccc(-c2nc(-c3ccc(-n4c5ccccc5c5ccc6c7ccccc7c7ccccc7c6c54)cc3)n(-c3ccccc3)n2)cc1. The molecule has 0 N–H and O–H groups in total. The molecule has 0 saturated heterocycles. The van der Waals surface area contributed by atoms with Crippen molar-refractivity contribution in [3.8, 4) is 34.2 Å². The highest BCUT2D eigenvalue weighted by Gasteiger charge is 2.20. The van der Waals surface area contributed by atoms with Crippen molar-refractivity contribution >= 4 is 54.1 Å². The number of hydrogen-bond acceptors (Lipinski definition) is 2. The molecule has 0 bridgehead atoms. The van der Waals surface area contributed by atoms with Gasteiger partial charge in [-0.05, 0) is 69.4 Å². The van der Waals surface area contributed by atoms with E-state index in [-0.39, 0.29) is 0 Å². The molecule has 2 aromatic heterocycles. The molecule has 0 aliphatic heterocycles. The largest absolute Gasteiger partial charge is 0.309 e. The third-order valence-electron chi connectivity index (χ3n) is 9.56. The van der Waals surface area contributed by atoms with Crippen LogP contribution in [0.1, 0.15) is 0 Å². The third kappa shape index (κ3) is 3.96. The van der Waals surface area contributed by atoms with Gasteiger partial charge < -0.3 is 4.57 Å². The Hall–Kier alpha value is -6.52. The molecular formula is C44H28N4. The molecule has 0 aliphatic rings. The predicted molar refractivity (Wildman–Crippen MR) is 199 cm³/mol. The van der Waals surface area contributed by atoms with Gasteiger partial charge in [0.25, 0.3) is 0 Å². The van der Waals surface area contributed by atoms with Gasteiger partial charge in [-0.3, -0.25) is 0 Å². The van der Waals surface area contributed by atoms with Crippen molar-refractivity contribution in [2.45, 2.75) is 0 Å². The van der Waals surface area contributed by atoms with E-state index in [1.54, 1.807) is 0 Å². The fourth-order valence-corrected chi connectivity index (χ4v) is 7.43. The van der Waals surface area contributed by atoms with Crippen LogP contribution >= 0.6 is 0 Å². The Morgan fingerprint density at radius 3 is 1.62 bits per heavy atom. The maximum Gasteiger partial charge on any atom is 0.182 e. The molecule has 224 valence electrons. The topological polar surface area (TPSA) is 35.6 Å². The molecule has 8 aromatic carbocycles. The molecule has 10 rings (SSSR count). The quantitative estimate of drug-likeness (QED) is 0.185. The normalized spacial score (nSPS) is 11.8. The molecule has 0 radical (unpaired) electrons. The van der Waals surface area contributed by atoms with Gasteiger partial charge in [-0.15, -0.1) is 5.10 Å². The van der Waals surface area contributed by atoms with Gasteiger partial charge in [0.1, 0.15) is 0 Å². The van der Waals surface area contributed by atoms with Crippen LogP contribution in [0.25, 0.3) is 88.3 Å². The van der Waals surface area contributed by atoms with E-state index in [4.69, 9.17) is 10.1 Å². The Bertz CT molecular complexity index is 2770. The van der Waals surface area contributed by atoms with E-state index in [0.29, 0.717) is 5.82 Å². The summed E-state index contributed by atoms with van der Waals surface area (Å²) in [4.78, 5) is 5.07. The number of nitrogens with zero attached hydrogens (tertiary/aromatic N) is 4. The Morgan fingerprint density at radius 1 is 0.375 bits per heavy atom. The summed E-state index contributed by atoms with van der Waals surface area (Å²) in [7, 11) is 0. The summed E-state index contributed by atoms with van der Waals surface area (Å²) in [6.45, 7) is 0. The van der Waals surface area contributed by atoms with Gasteiger partial charge in [-0.25, -0.2) is 9.67 Å². The molecule has 0 saturated carbocycles. The van der Waals surface area contributed by atoms with Crippen LogP contribution in [0.5, 0.6) is 0 Å². The van der Waals surface area contributed by atoms with Crippen LogP contribution in [0.15, 0.2) is 170 Å². The standard InChI is InChI=1S/C44H28N4/c1-3-13-29(14-4-1)43-45-44(48(46-43)32-15-5-2-6-16-32)30-23-25-31(26-24-30)47-40-22-12-11-20-36(40)39-28-27-38-35-19-8-7-17-33(35)34-18-9-10-21-37(34)41(38)42(39)47/h1-28H. The van der Waals surface area contributed by atoms with Crippen LogP contribution in [0, 0.1) is 0 Å². The highest BCUT2D eigenvalue weighted by Crippen LogP contribution is 2.43. The lowest BCUT2D eigenvalue weighted by atomic mass is 9.93. The van der Waals surface area contributed by atoms with E-state index in [0.717, 1.165) is 28.3 Å². The van der Waals surface area contributed by atoms with Crippen molar-refractivity contribution < 1.29 is 0 Å². The number of para-hydroxylation sites is 2. The molecule has 0 atom stereocenters. The molecule has 48 heavy (non-hydrogen) atoms. The van der Waals surface area contributed by atoms with Crippen LogP contribution in [-0.4, -0.2) is 19.3 Å². The second-order valence-corrected chi connectivity index (χ2v) is 12.2. The summed E-state index contributed by atoms with van der Waals surface area (Å²) >= 11 is 0. The number of rotatable bonds is 4. The zero-order valence-corrected chi connectivity index (χ0v) is 26.0. The summed E-state index contributed by atoms with van der Waals surface area (Å²) in [5.41, 5.74) is 6.47. The Kier molecular flexibility index (Phi) is 5.84. The molecule has 0 fully saturated rings. The first-order valence-corrected chi connectivity index (χ1v) is 16.3. The molecule has 4 heteroatoms. The fourth-order valence-electron chi connectivity index (χ4n) is 7.43. The first-order chi connectivity index (χ1) is 23.8. The molecule has 2 heterocycles. The minimum absolute atomic E-state index is 0.700. The fraction of sp³-hybridized carbons (Fsp3) is 0. The molecule has 4 nitrogen and oxygen atoms in total. The molecule has 0 aliphatic carbocycles. The van der Waals surface area contributed by atoms with Crippen molar-refractivity contribution in [3.63, 3.8) is 0 Å². The summed E-state index contributed by atoms with van der Waals surface area (Å²) in [6, 6.07) is 60.1. The van der Waals surface area contributed by atoms with Crippen molar-refractivity contribution in [2.75, 3.05) is 0 Å². The van der Waals surface area contributed by atoms with Crippen molar-refractivity contribution in [1.29, 1.82) is 0 Å². The van der Waals surface area contributed by atoms with Gasteiger partial charge in [0, 0.05) is 33.0 Å². The van der Waals surface area contributed by atoms with Gasteiger partial charge in [0.05, 0.1) is 16.7 Å². The van der Waals surface area contributed by atoms with E-state index < -0.39 is 0 Å². The molecule has 0 amide bonds. The van der Waals surface area contributed by atoms with E-state index in [1.807, 2.05) is 41.1 Å². The monoisotopic (exact) mass is 612 g/mol. The minimum atomic E-state index is 0.700. The zero-order chi connectivity index (χ0) is 31.6. The van der Waals surface area contributed by atoms with Crippen LogP contribution in [0.3, 0.4) is 0 Å². The second-order valence-electron chi connectivity index (χ2n) is 12.2. The van der Waals surface area contributed by atoms with Crippen LogP contribution in [0.4, 0.5) is 0 Å². The number of fused-ring (bicyclic) bond motifs is 10. The smallest absolute Gasteiger partial charge is 0.182 e. The molecule has 10 aromatic rings. The summed E-state index contributed by atoms with van der Waals surface area (Å²) in [5, 5.41) is 15.1. The number of aromatic nitrogens is 4. The maximum absolute atomic E-state index is 5.07. The van der Waals surface area contributed by atoms with E-state index >= 15 is 0 Å². The van der Waals surface area contributed by atoms with Crippen molar-refractivity contribution in [2.24, 2.45) is 0 Å². The minimum Gasteiger partial charge on any atom is -0.309 e. The number of hydrogen-bond donors (Lipinski definition) is 0. The summed E-state index contributed by atoms with van der Waals surface area (Å²) in [5.74, 6) is 1.50. The van der Waals surface area contributed by atoms with Gasteiger partial charge >= 0.3 is 0 Å². The van der Waals surface area contributed by atoms with E-state index in [1.165, 1.54) is 54.1 Å². The Morgan fingerprint density at radius 2 is 0.917 bits per heavy atom. The first kappa shape index (κ1) is 26.7. The van der Waals surface area contributed by atoms with Crippen LogP contribution < -0.4 is 0 Å². The molecule has 0 unspecified atom stereocenters.